The Morgan fingerprint density at radius 3 is 2.41 bits per heavy atom. The van der Waals surface area contributed by atoms with Gasteiger partial charge in [-0.05, 0) is 50.0 Å². The van der Waals surface area contributed by atoms with E-state index in [1.54, 1.807) is 6.20 Å². The standard InChI is InChI=1S/C24H31N3O3S2/c28-21(29)16-31-22-15-25-23(32-22)26-24(30)27(19-9-5-2-6-10-19)20-13-11-18(12-14-20)17-7-3-1-4-8-17/h1,3-4,7-8,15,18-20H,2,5-6,9-14,16H2,(H,28,29)(H,25,26,30). The average Bonchev–Trinajstić information content (AvgIpc) is 3.27. The van der Waals surface area contributed by atoms with Crippen molar-refractivity contribution in [3.05, 3.63) is 42.1 Å². The molecule has 4 rings (SSSR count). The van der Waals surface area contributed by atoms with E-state index in [1.807, 2.05) is 0 Å². The smallest absolute Gasteiger partial charge is 0.324 e. The first kappa shape index (κ1) is 23.1. The number of hydrogen-bond acceptors (Lipinski definition) is 5. The van der Waals surface area contributed by atoms with Crippen LogP contribution in [0.4, 0.5) is 9.93 Å². The van der Waals surface area contributed by atoms with Crippen LogP contribution in [0.2, 0.25) is 0 Å². The normalized spacial score (nSPS) is 21.8. The van der Waals surface area contributed by atoms with Gasteiger partial charge < -0.3 is 10.0 Å². The number of carbonyl (C=O) groups excluding carboxylic acids is 1. The van der Waals surface area contributed by atoms with Gasteiger partial charge >= 0.3 is 12.0 Å². The summed E-state index contributed by atoms with van der Waals surface area (Å²) in [6.45, 7) is 0. The summed E-state index contributed by atoms with van der Waals surface area (Å²) in [5.41, 5.74) is 1.41. The number of hydrogen-bond donors (Lipinski definition) is 2. The van der Waals surface area contributed by atoms with Gasteiger partial charge in [0.2, 0.25) is 0 Å². The number of amides is 2. The minimum Gasteiger partial charge on any atom is -0.481 e. The SMILES string of the molecule is O=C(O)CSc1cnc(NC(=O)N(C2CCCCC2)C2CCC(c3ccccc3)CC2)s1. The third-order valence-corrected chi connectivity index (χ3v) is 8.69. The summed E-state index contributed by atoms with van der Waals surface area (Å²) in [5.74, 6) is -0.283. The van der Waals surface area contributed by atoms with Crippen molar-refractivity contribution in [2.24, 2.45) is 0 Å². The molecule has 0 aliphatic heterocycles. The molecule has 0 unspecified atom stereocenters. The number of anilines is 1. The Kier molecular flexibility index (Phi) is 8.08. The molecule has 1 aromatic carbocycles. The van der Waals surface area contributed by atoms with Crippen LogP contribution in [-0.2, 0) is 4.79 Å². The van der Waals surface area contributed by atoms with E-state index in [9.17, 15) is 9.59 Å². The Bertz CT molecular complexity index is 891. The molecule has 6 nitrogen and oxygen atoms in total. The molecule has 2 aliphatic rings. The summed E-state index contributed by atoms with van der Waals surface area (Å²) in [6, 6.07) is 11.2. The molecule has 172 valence electrons. The Labute approximate surface area is 197 Å². The molecule has 0 atom stereocenters. The zero-order chi connectivity index (χ0) is 22.3. The summed E-state index contributed by atoms with van der Waals surface area (Å²) in [4.78, 5) is 30.7. The van der Waals surface area contributed by atoms with Crippen molar-refractivity contribution in [3.8, 4) is 0 Å². The molecule has 0 spiro atoms. The topological polar surface area (TPSA) is 82.5 Å². The number of thioether (sulfide) groups is 1. The van der Waals surface area contributed by atoms with E-state index in [1.165, 1.54) is 47.9 Å². The quantitative estimate of drug-likeness (QED) is 0.467. The number of benzene rings is 1. The Morgan fingerprint density at radius 1 is 1.03 bits per heavy atom. The van der Waals surface area contributed by atoms with E-state index in [0.29, 0.717) is 17.1 Å². The molecule has 1 aromatic heterocycles. The maximum atomic E-state index is 13.4. The van der Waals surface area contributed by atoms with Crippen molar-refractivity contribution < 1.29 is 14.7 Å². The average molecular weight is 474 g/mol. The second kappa shape index (κ2) is 11.2. The third-order valence-electron chi connectivity index (χ3n) is 6.60. The van der Waals surface area contributed by atoms with E-state index in [-0.39, 0.29) is 17.8 Å². The molecule has 0 radical (unpaired) electrons. The highest BCUT2D eigenvalue weighted by atomic mass is 32.2. The van der Waals surface area contributed by atoms with Gasteiger partial charge in [0.05, 0.1) is 16.2 Å². The lowest BCUT2D eigenvalue weighted by atomic mass is 9.80. The second-order valence-corrected chi connectivity index (χ2v) is 11.0. The summed E-state index contributed by atoms with van der Waals surface area (Å²) in [7, 11) is 0. The molecule has 2 fully saturated rings. The van der Waals surface area contributed by atoms with E-state index < -0.39 is 5.97 Å². The number of aliphatic carboxylic acids is 1. The summed E-state index contributed by atoms with van der Waals surface area (Å²) >= 11 is 2.57. The van der Waals surface area contributed by atoms with Crippen molar-refractivity contribution in [1.82, 2.24) is 9.88 Å². The lowest BCUT2D eigenvalue weighted by Gasteiger charge is -2.42. The Morgan fingerprint density at radius 2 is 1.72 bits per heavy atom. The van der Waals surface area contributed by atoms with Crippen molar-refractivity contribution in [2.45, 2.75) is 80.0 Å². The lowest BCUT2D eigenvalue weighted by molar-refractivity contribution is -0.133. The summed E-state index contributed by atoms with van der Waals surface area (Å²) in [6.07, 6.45) is 11.7. The van der Waals surface area contributed by atoms with Crippen LogP contribution >= 0.6 is 23.1 Å². The Balaban J connectivity index is 1.41. The molecule has 2 saturated carbocycles. The molecule has 2 N–H and O–H groups in total. The first-order valence-electron chi connectivity index (χ1n) is 11.5. The van der Waals surface area contributed by atoms with Crippen molar-refractivity contribution in [2.75, 3.05) is 11.1 Å². The van der Waals surface area contributed by atoms with Crippen LogP contribution in [-0.4, -0.2) is 44.8 Å². The zero-order valence-corrected chi connectivity index (χ0v) is 19.9. The van der Waals surface area contributed by atoms with E-state index in [0.717, 1.165) is 42.7 Å². The lowest BCUT2D eigenvalue weighted by Crippen LogP contribution is -2.50. The predicted octanol–water partition coefficient (Wildman–Crippen LogP) is 6.21. The fourth-order valence-electron chi connectivity index (χ4n) is 5.07. The molecule has 0 saturated heterocycles. The molecule has 2 amide bonds. The fraction of sp³-hybridized carbons (Fsp3) is 0.542. The van der Waals surface area contributed by atoms with Gasteiger partial charge in [-0.2, -0.15) is 0 Å². The van der Waals surface area contributed by atoms with Gasteiger partial charge in [0.25, 0.3) is 0 Å². The maximum absolute atomic E-state index is 13.4. The van der Waals surface area contributed by atoms with Crippen LogP contribution in [0, 0.1) is 0 Å². The number of carboxylic acids is 1. The first-order chi connectivity index (χ1) is 15.6. The van der Waals surface area contributed by atoms with Crippen molar-refractivity contribution >= 4 is 40.2 Å². The van der Waals surface area contributed by atoms with Gasteiger partial charge in [0.15, 0.2) is 5.13 Å². The number of carboxylic acid groups (broad SMARTS) is 1. The van der Waals surface area contributed by atoms with Crippen molar-refractivity contribution in [3.63, 3.8) is 0 Å². The summed E-state index contributed by atoms with van der Waals surface area (Å²) in [5, 5.41) is 12.4. The number of urea groups is 1. The van der Waals surface area contributed by atoms with Crippen LogP contribution in [0.25, 0.3) is 0 Å². The van der Waals surface area contributed by atoms with Gasteiger partial charge in [-0.15, -0.1) is 11.8 Å². The van der Waals surface area contributed by atoms with Gasteiger partial charge in [-0.1, -0.05) is 60.9 Å². The number of nitrogens with zero attached hydrogens (tertiary/aromatic N) is 2. The van der Waals surface area contributed by atoms with Gasteiger partial charge in [-0.25, -0.2) is 9.78 Å². The predicted molar refractivity (Wildman–Crippen MR) is 130 cm³/mol. The molecule has 2 aromatic rings. The molecule has 1 heterocycles. The maximum Gasteiger partial charge on any atom is 0.324 e. The first-order valence-corrected chi connectivity index (χ1v) is 13.3. The van der Waals surface area contributed by atoms with E-state index in [4.69, 9.17) is 5.11 Å². The Hall–Kier alpha value is -2.06. The third kappa shape index (κ3) is 6.04. The van der Waals surface area contributed by atoms with Crippen LogP contribution in [0.3, 0.4) is 0 Å². The monoisotopic (exact) mass is 473 g/mol. The highest BCUT2D eigenvalue weighted by molar-refractivity contribution is 8.01. The zero-order valence-electron chi connectivity index (χ0n) is 18.2. The minimum atomic E-state index is -0.858. The molecule has 0 bridgehead atoms. The van der Waals surface area contributed by atoms with Gasteiger partial charge in [0, 0.05) is 12.1 Å². The van der Waals surface area contributed by atoms with E-state index >= 15 is 0 Å². The summed E-state index contributed by atoms with van der Waals surface area (Å²) < 4.78 is 0.801. The molecule has 2 aliphatic carbocycles. The van der Waals surface area contributed by atoms with Gasteiger partial charge in [-0.3, -0.25) is 10.1 Å². The van der Waals surface area contributed by atoms with E-state index in [2.05, 4.69) is 45.5 Å². The van der Waals surface area contributed by atoms with Crippen LogP contribution in [0.1, 0.15) is 69.3 Å². The van der Waals surface area contributed by atoms with Crippen LogP contribution in [0.5, 0.6) is 0 Å². The number of nitrogens with one attached hydrogen (secondary N) is 1. The molecular weight excluding hydrogens is 442 g/mol. The van der Waals surface area contributed by atoms with Crippen LogP contribution < -0.4 is 5.32 Å². The van der Waals surface area contributed by atoms with Gasteiger partial charge in [0.1, 0.15) is 0 Å². The number of rotatable bonds is 7. The minimum absolute atomic E-state index is 0.00552. The van der Waals surface area contributed by atoms with Crippen molar-refractivity contribution in [1.29, 1.82) is 0 Å². The van der Waals surface area contributed by atoms with Crippen LogP contribution in [0.15, 0.2) is 40.7 Å². The highest BCUT2D eigenvalue weighted by Crippen LogP contribution is 2.37. The number of aromatic nitrogens is 1. The fourth-order valence-corrected chi connectivity index (χ4v) is 6.66. The molecular formula is C24H31N3O3S2. The molecule has 32 heavy (non-hydrogen) atoms. The highest BCUT2D eigenvalue weighted by Gasteiger charge is 2.35. The molecule has 8 heteroatoms. The number of thiazole rings is 1. The number of carbonyl (C=O) groups is 2. The largest absolute Gasteiger partial charge is 0.481 e. The second-order valence-electron chi connectivity index (χ2n) is 8.71.